The third-order valence-corrected chi connectivity index (χ3v) is 4.56. The number of epoxide rings is 1. The fourth-order valence-electron chi connectivity index (χ4n) is 3.18. The predicted octanol–water partition coefficient (Wildman–Crippen LogP) is 2.76. The van der Waals surface area contributed by atoms with E-state index < -0.39 is 0 Å². The van der Waals surface area contributed by atoms with Crippen LogP contribution < -0.4 is 0 Å². The molecule has 1 saturated heterocycles. The summed E-state index contributed by atoms with van der Waals surface area (Å²) in [5.41, 5.74) is 1.94. The maximum atomic E-state index is 11.8. The lowest BCUT2D eigenvalue weighted by atomic mass is 9.84. The third kappa shape index (κ3) is 1.91. The minimum atomic E-state index is -0.143. The van der Waals surface area contributed by atoms with E-state index in [-0.39, 0.29) is 23.6 Å². The molecule has 0 saturated carbocycles. The van der Waals surface area contributed by atoms with Crippen LogP contribution in [0.5, 0.6) is 0 Å². The zero-order chi connectivity index (χ0) is 12.9. The molecule has 1 fully saturated rings. The van der Waals surface area contributed by atoms with Crippen LogP contribution in [-0.2, 0) is 14.3 Å². The number of hydrogen-bond donors (Lipinski definition) is 0. The van der Waals surface area contributed by atoms with Crippen molar-refractivity contribution < 1.29 is 14.3 Å². The Kier molecular flexibility index (Phi) is 2.63. The first-order valence-corrected chi connectivity index (χ1v) is 6.74. The van der Waals surface area contributed by atoms with E-state index in [0.29, 0.717) is 6.10 Å². The van der Waals surface area contributed by atoms with E-state index in [4.69, 9.17) is 9.47 Å². The minimum absolute atomic E-state index is 0.0219. The van der Waals surface area contributed by atoms with E-state index in [1.807, 2.05) is 13.0 Å². The van der Waals surface area contributed by atoms with Crippen molar-refractivity contribution in [3.05, 3.63) is 23.8 Å². The van der Waals surface area contributed by atoms with Gasteiger partial charge < -0.3 is 9.47 Å². The van der Waals surface area contributed by atoms with Crippen LogP contribution in [0.25, 0.3) is 0 Å². The lowest BCUT2D eigenvalue weighted by Crippen LogP contribution is -2.23. The summed E-state index contributed by atoms with van der Waals surface area (Å²) in [7, 11) is 0. The number of ether oxygens (including phenoxy) is 2. The van der Waals surface area contributed by atoms with Gasteiger partial charge in [0.25, 0.3) is 0 Å². The van der Waals surface area contributed by atoms with Crippen LogP contribution in [0.3, 0.4) is 0 Å². The van der Waals surface area contributed by atoms with Crippen molar-refractivity contribution in [3.8, 4) is 0 Å². The number of rotatable bonds is 1. The molecule has 0 aromatic rings. The van der Waals surface area contributed by atoms with Gasteiger partial charge in [-0.15, -0.1) is 0 Å². The summed E-state index contributed by atoms with van der Waals surface area (Å²) < 4.78 is 11.3. The SMILES string of the molecule is C=C(C)[C@@H]1CC[C@]2(C)O[C@@H]2CCC2=C[C@@H]1OC2=O. The van der Waals surface area contributed by atoms with E-state index in [0.717, 1.165) is 36.8 Å². The normalized spacial score (nSPS) is 42.7. The van der Waals surface area contributed by atoms with E-state index in [9.17, 15) is 4.79 Å². The highest BCUT2D eigenvalue weighted by Gasteiger charge is 2.52. The lowest BCUT2D eigenvalue weighted by Gasteiger charge is -2.23. The zero-order valence-corrected chi connectivity index (χ0v) is 11.1. The standard InChI is InChI=1S/C15H20O3/c1-9(2)11-6-7-15(3)13(18-15)5-4-10-8-12(11)17-14(10)16/h8,11-13H,1,4-7H2,2-3H3/t11-,12-,13+,15-/m0/s1. The molecule has 2 heterocycles. The van der Waals surface area contributed by atoms with Crippen molar-refractivity contribution in [1.82, 2.24) is 0 Å². The van der Waals surface area contributed by atoms with Gasteiger partial charge in [0.2, 0.25) is 0 Å². The van der Waals surface area contributed by atoms with Gasteiger partial charge in [-0.3, -0.25) is 0 Å². The number of carbonyl (C=O) groups is 1. The number of carbonyl (C=O) groups excluding carboxylic acids is 1. The van der Waals surface area contributed by atoms with Crippen LogP contribution in [0, 0.1) is 5.92 Å². The second-order valence-corrected chi connectivity index (χ2v) is 6.01. The Labute approximate surface area is 108 Å². The highest BCUT2D eigenvalue weighted by atomic mass is 16.6. The van der Waals surface area contributed by atoms with Crippen molar-refractivity contribution in [1.29, 1.82) is 0 Å². The van der Waals surface area contributed by atoms with Crippen LogP contribution in [0.4, 0.5) is 0 Å². The number of esters is 1. The Balaban J connectivity index is 1.86. The Bertz CT molecular complexity index is 437. The largest absolute Gasteiger partial charge is 0.454 e. The molecular weight excluding hydrogens is 228 g/mol. The molecule has 0 amide bonds. The van der Waals surface area contributed by atoms with Gasteiger partial charge in [-0.2, -0.15) is 0 Å². The molecule has 18 heavy (non-hydrogen) atoms. The molecule has 3 nitrogen and oxygen atoms in total. The molecular formula is C15H20O3. The average Bonchev–Trinajstić information content (AvgIpc) is 2.80. The van der Waals surface area contributed by atoms with Gasteiger partial charge >= 0.3 is 5.97 Å². The molecule has 0 spiro atoms. The van der Waals surface area contributed by atoms with Crippen LogP contribution in [0.2, 0.25) is 0 Å². The van der Waals surface area contributed by atoms with Gasteiger partial charge in [-0.25, -0.2) is 4.79 Å². The molecule has 0 radical (unpaired) electrons. The molecule has 0 aromatic heterocycles. The van der Waals surface area contributed by atoms with E-state index in [1.54, 1.807) is 0 Å². The maximum absolute atomic E-state index is 11.8. The topological polar surface area (TPSA) is 38.8 Å². The fraction of sp³-hybridized carbons (Fsp3) is 0.667. The predicted molar refractivity (Wildman–Crippen MR) is 68.0 cm³/mol. The summed E-state index contributed by atoms with van der Waals surface area (Å²) in [5.74, 6) is 0.0849. The zero-order valence-electron chi connectivity index (χ0n) is 11.1. The van der Waals surface area contributed by atoms with Gasteiger partial charge in [0, 0.05) is 11.5 Å². The van der Waals surface area contributed by atoms with Crippen LogP contribution in [0.15, 0.2) is 23.8 Å². The van der Waals surface area contributed by atoms with E-state index >= 15 is 0 Å². The molecule has 0 N–H and O–H groups in total. The molecule has 1 aliphatic carbocycles. The Morgan fingerprint density at radius 3 is 3.00 bits per heavy atom. The fourth-order valence-corrected chi connectivity index (χ4v) is 3.18. The number of hydrogen-bond acceptors (Lipinski definition) is 3. The molecule has 3 rings (SSSR count). The monoisotopic (exact) mass is 248 g/mol. The molecule has 0 unspecified atom stereocenters. The van der Waals surface area contributed by atoms with Crippen molar-refractivity contribution >= 4 is 5.97 Å². The summed E-state index contributed by atoms with van der Waals surface area (Å²) >= 11 is 0. The van der Waals surface area contributed by atoms with Crippen LogP contribution in [0.1, 0.15) is 39.5 Å². The first-order chi connectivity index (χ1) is 8.49. The smallest absolute Gasteiger partial charge is 0.334 e. The first kappa shape index (κ1) is 12.0. The Morgan fingerprint density at radius 1 is 1.50 bits per heavy atom. The van der Waals surface area contributed by atoms with Gasteiger partial charge in [-0.1, -0.05) is 12.2 Å². The van der Waals surface area contributed by atoms with E-state index in [2.05, 4.69) is 13.5 Å². The molecule has 2 bridgehead atoms. The van der Waals surface area contributed by atoms with Gasteiger partial charge in [0.15, 0.2) is 0 Å². The second kappa shape index (κ2) is 3.95. The molecule has 2 aliphatic heterocycles. The highest BCUT2D eigenvalue weighted by Crippen LogP contribution is 2.46. The molecule has 98 valence electrons. The lowest BCUT2D eigenvalue weighted by molar-refractivity contribution is -0.141. The summed E-state index contributed by atoms with van der Waals surface area (Å²) in [5, 5.41) is 0. The van der Waals surface area contributed by atoms with Crippen molar-refractivity contribution in [2.75, 3.05) is 0 Å². The molecule has 3 aliphatic rings. The van der Waals surface area contributed by atoms with Crippen molar-refractivity contribution in [2.45, 2.75) is 57.3 Å². The molecule has 4 atom stereocenters. The van der Waals surface area contributed by atoms with Gasteiger partial charge in [0.1, 0.15) is 6.10 Å². The van der Waals surface area contributed by atoms with Crippen LogP contribution >= 0.6 is 0 Å². The second-order valence-electron chi connectivity index (χ2n) is 6.01. The van der Waals surface area contributed by atoms with Crippen molar-refractivity contribution in [3.63, 3.8) is 0 Å². The summed E-state index contributed by atoms with van der Waals surface area (Å²) in [4.78, 5) is 11.8. The van der Waals surface area contributed by atoms with E-state index in [1.165, 1.54) is 0 Å². The Morgan fingerprint density at radius 2 is 2.28 bits per heavy atom. The number of fused-ring (bicyclic) bond motifs is 2. The quantitative estimate of drug-likeness (QED) is 0.407. The summed E-state index contributed by atoms with van der Waals surface area (Å²) in [6, 6.07) is 0. The molecule has 0 aromatic carbocycles. The summed E-state index contributed by atoms with van der Waals surface area (Å²) in [6.07, 6.45) is 5.92. The van der Waals surface area contributed by atoms with Gasteiger partial charge in [-0.05, 0) is 45.6 Å². The van der Waals surface area contributed by atoms with Crippen molar-refractivity contribution in [2.24, 2.45) is 5.92 Å². The first-order valence-electron chi connectivity index (χ1n) is 6.74. The third-order valence-electron chi connectivity index (χ3n) is 4.56. The molecule has 3 heteroatoms. The average molecular weight is 248 g/mol. The summed E-state index contributed by atoms with van der Waals surface area (Å²) in [6.45, 7) is 8.24. The Hall–Kier alpha value is -1.09. The van der Waals surface area contributed by atoms with Gasteiger partial charge in [0.05, 0.1) is 11.7 Å². The maximum Gasteiger partial charge on any atom is 0.334 e. The minimum Gasteiger partial charge on any atom is -0.454 e. The highest BCUT2D eigenvalue weighted by molar-refractivity contribution is 5.91. The van der Waals surface area contributed by atoms with Crippen LogP contribution in [-0.4, -0.2) is 23.8 Å².